The monoisotopic (exact) mass is 325 g/mol. The van der Waals surface area contributed by atoms with Gasteiger partial charge in [0.15, 0.2) is 5.16 Å². The van der Waals surface area contributed by atoms with Crippen LogP contribution < -0.4 is 5.56 Å². The van der Waals surface area contributed by atoms with Crippen molar-refractivity contribution in [3.63, 3.8) is 0 Å². The Hall–Kier alpha value is -2.01. The molecule has 1 N–H and O–H groups in total. The second-order valence-electron chi connectivity index (χ2n) is 6.13. The van der Waals surface area contributed by atoms with Gasteiger partial charge in [-0.05, 0) is 48.8 Å². The van der Waals surface area contributed by atoms with Crippen LogP contribution in [0.4, 0.5) is 0 Å². The maximum Gasteiger partial charge on any atom is 0.268 e. The van der Waals surface area contributed by atoms with E-state index in [2.05, 4.69) is 22.1 Å². The molecule has 2 aromatic heterocycles. The van der Waals surface area contributed by atoms with E-state index in [0.717, 1.165) is 18.0 Å². The zero-order chi connectivity index (χ0) is 15.8. The molecule has 0 aliphatic heterocycles. The number of aromatic nitrogens is 3. The fourth-order valence-electron chi connectivity index (χ4n) is 2.93. The lowest BCUT2D eigenvalue weighted by Crippen LogP contribution is -2.21. The van der Waals surface area contributed by atoms with Gasteiger partial charge in [0.1, 0.15) is 5.65 Å². The predicted octanol–water partition coefficient (Wildman–Crippen LogP) is 3.78. The standard InChI is InChI=1S/C18H19N3OS/c1-23-18-20-16-15(10-11-19-16)17(22)21(18)14-8-6-13(7-9-14)5-4-12-2-3-12/h6-12,19H,2-5H2,1H3. The minimum Gasteiger partial charge on any atom is -0.346 e. The van der Waals surface area contributed by atoms with Gasteiger partial charge >= 0.3 is 0 Å². The van der Waals surface area contributed by atoms with Crippen LogP contribution in [0.1, 0.15) is 24.8 Å². The molecule has 1 fully saturated rings. The lowest BCUT2D eigenvalue weighted by Gasteiger charge is -2.11. The van der Waals surface area contributed by atoms with Crippen LogP contribution in [-0.4, -0.2) is 20.8 Å². The highest BCUT2D eigenvalue weighted by Crippen LogP contribution is 2.33. The van der Waals surface area contributed by atoms with Crippen molar-refractivity contribution in [2.45, 2.75) is 30.8 Å². The Balaban J connectivity index is 1.72. The van der Waals surface area contributed by atoms with E-state index in [0.29, 0.717) is 16.2 Å². The van der Waals surface area contributed by atoms with E-state index in [1.807, 2.05) is 18.4 Å². The van der Waals surface area contributed by atoms with E-state index in [9.17, 15) is 4.79 Å². The SMILES string of the molecule is CSc1nc2[nH]ccc2c(=O)n1-c1ccc(CCC2CC2)cc1. The molecule has 3 aromatic rings. The van der Waals surface area contributed by atoms with E-state index < -0.39 is 0 Å². The van der Waals surface area contributed by atoms with Crippen LogP contribution in [-0.2, 0) is 6.42 Å². The average Bonchev–Trinajstić information content (AvgIpc) is 3.29. The summed E-state index contributed by atoms with van der Waals surface area (Å²) < 4.78 is 1.70. The third-order valence-corrected chi connectivity index (χ3v) is 5.11. The van der Waals surface area contributed by atoms with Crippen molar-refractivity contribution in [1.29, 1.82) is 0 Å². The minimum absolute atomic E-state index is 0.0219. The molecule has 1 saturated carbocycles. The number of benzene rings is 1. The summed E-state index contributed by atoms with van der Waals surface area (Å²) in [4.78, 5) is 20.3. The van der Waals surface area contributed by atoms with Crippen molar-refractivity contribution in [1.82, 2.24) is 14.5 Å². The first-order chi connectivity index (χ1) is 11.3. The molecule has 5 heteroatoms. The molecule has 4 nitrogen and oxygen atoms in total. The lowest BCUT2D eigenvalue weighted by molar-refractivity contribution is 0.726. The van der Waals surface area contributed by atoms with E-state index in [4.69, 9.17) is 0 Å². The highest BCUT2D eigenvalue weighted by molar-refractivity contribution is 7.98. The highest BCUT2D eigenvalue weighted by Gasteiger charge is 2.20. The highest BCUT2D eigenvalue weighted by atomic mass is 32.2. The second-order valence-corrected chi connectivity index (χ2v) is 6.90. The number of hydrogen-bond donors (Lipinski definition) is 1. The Bertz CT molecular complexity index is 891. The Morgan fingerprint density at radius 3 is 2.74 bits per heavy atom. The summed E-state index contributed by atoms with van der Waals surface area (Å²) in [7, 11) is 0. The van der Waals surface area contributed by atoms with E-state index in [-0.39, 0.29) is 5.56 Å². The van der Waals surface area contributed by atoms with Crippen molar-refractivity contribution in [2.75, 3.05) is 6.26 Å². The van der Waals surface area contributed by atoms with Crippen molar-refractivity contribution >= 4 is 22.8 Å². The summed E-state index contributed by atoms with van der Waals surface area (Å²) in [6, 6.07) is 10.1. The molecule has 1 aliphatic rings. The number of nitrogens with zero attached hydrogens (tertiary/aromatic N) is 2. The Morgan fingerprint density at radius 1 is 1.26 bits per heavy atom. The number of thioether (sulfide) groups is 1. The van der Waals surface area contributed by atoms with Crippen LogP contribution in [0.3, 0.4) is 0 Å². The molecule has 118 valence electrons. The van der Waals surface area contributed by atoms with Crippen molar-refractivity contribution in [3.05, 3.63) is 52.4 Å². The molecule has 1 aliphatic carbocycles. The van der Waals surface area contributed by atoms with Gasteiger partial charge in [0, 0.05) is 6.20 Å². The van der Waals surface area contributed by atoms with Crippen LogP contribution >= 0.6 is 11.8 Å². The van der Waals surface area contributed by atoms with Crippen LogP contribution in [0.25, 0.3) is 16.7 Å². The third-order valence-electron chi connectivity index (χ3n) is 4.47. The normalized spacial score (nSPS) is 14.5. The molecule has 1 aromatic carbocycles. The van der Waals surface area contributed by atoms with Gasteiger partial charge in [0.25, 0.3) is 5.56 Å². The maximum absolute atomic E-state index is 12.8. The Kier molecular flexibility index (Phi) is 3.73. The number of aryl methyl sites for hydroxylation is 1. The molecule has 23 heavy (non-hydrogen) atoms. The summed E-state index contributed by atoms with van der Waals surface area (Å²) >= 11 is 1.48. The number of rotatable bonds is 5. The Morgan fingerprint density at radius 2 is 2.04 bits per heavy atom. The van der Waals surface area contributed by atoms with E-state index >= 15 is 0 Å². The van der Waals surface area contributed by atoms with E-state index in [1.54, 1.807) is 16.8 Å². The van der Waals surface area contributed by atoms with Gasteiger partial charge in [-0.25, -0.2) is 4.98 Å². The number of fused-ring (bicyclic) bond motifs is 1. The van der Waals surface area contributed by atoms with Crippen molar-refractivity contribution in [2.24, 2.45) is 5.92 Å². The first kappa shape index (κ1) is 14.6. The van der Waals surface area contributed by atoms with Gasteiger partial charge < -0.3 is 4.98 Å². The quantitative estimate of drug-likeness (QED) is 0.574. The summed E-state index contributed by atoms with van der Waals surface area (Å²) in [6.45, 7) is 0. The summed E-state index contributed by atoms with van der Waals surface area (Å²) in [6.07, 6.45) is 8.90. The lowest BCUT2D eigenvalue weighted by atomic mass is 10.1. The first-order valence-electron chi connectivity index (χ1n) is 7.99. The molecule has 0 bridgehead atoms. The first-order valence-corrected chi connectivity index (χ1v) is 9.22. The van der Waals surface area contributed by atoms with Gasteiger partial charge in [0.2, 0.25) is 0 Å². The predicted molar refractivity (Wildman–Crippen MR) is 94.5 cm³/mol. The molecule has 0 atom stereocenters. The fourth-order valence-corrected chi connectivity index (χ4v) is 3.49. The summed E-state index contributed by atoms with van der Waals surface area (Å²) in [5.74, 6) is 0.945. The largest absolute Gasteiger partial charge is 0.346 e. The topological polar surface area (TPSA) is 50.7 Å². The van der Waals surface area contributed by atoms with Gasteiger partial charge in [-0.3, -0.25) is 9.36 Å². The van der Waals surface area contributed by atoms with E-state index in [1.165, 1.54) is 36.6 Å². The number of hydrogen-bond acceptors (Lipinski definition) is 3. The van der Waals surface area contributed by atoms with Crippen LogP contribution in [0.5, 0.6) is 0 Å². The minimum atomic E-state index is -0.0219. The average molecular weight is 325 g/mol. The zero-order valence-corrected chi connectivity index (χ0v) is 13.9. The zero-order valence-electron chi connectivity index (χ0n) is 13.1. The van der Waals surface area contributed by atoms with Crippen molar-refractivity contribution in [3.8, 4) is 5.69 Å². The molecular weight excluding hydrogens is 306 g/mol. The summed E-state index contributed by atoms with van der Waals surface area (Å²) in [5, 5.41) is 1.33. The molecular formula is C18H19N3OS. The smallest absolute Gasteiger partial charge is 0.268 e. The fraction of sp³-hybridized carbons (Fsp3) is 0.333. The molecule has 0 spiro atoms. The Labute approximate surface area is 138 Å². The third kappa shape index (κ3) is 2.81. The van der Waals surface area contributed by atoms with Gasteiger partial charge in [-0.1, -0.05) is 36.7 Å². The maximum atomic E-state index is 12.8. The van der Waals surface area contributed by atoms with Crippen LogP contribution in [0.2, 0.25) is 0 Å². The van der Waals surface area contributed by atoms with Crippen LogP contribution in [0.15, 0.2) is 46.5 Å². The van der Waals surface area contributed by atoms with Gasteiger partial charge in [0.05, 0.1) is 11.1 Å². The van der Waals surface area contributed by atoms with Gasteiger partial charge in [-0.15, -0.1) is 0 Å². The molecule has 2 heterocycles. The van der Waals surface area contributed by atoms with Crippen LogP contribution in [0, 0.1) is 5.92 Å². The molecule has 4 rings (SSSR count). The molecule has 0 amide bonds. The molecule has 0 saturated heterocycles. The molecule has 0 unspecified atom stereocenters. The number of H-pyrrole nitrogens is 1. The van der Waals surface area contributed by atoms with Gasteiger partial charge in [-0.2, -0.15) is 0 Å². The second kappa shape index (κ2) is 5.89. The number of aromatic amines is 1. The summed E-state index contributed by atoms with van der Waals surface area (Å²) in [5.41, 5.74) is 2.85. The number of nitrogens with one attached hydrogen (secondary N) is 1. The molecule has 0 radical (unpaired) electrons. The van der Waals surface area contributed by atoms with Crippen molar-refractivity contribution < 1.29 is 0 Å².